The summed E-state index contributed by atoms with van der Waals surface area (Å²) in [6.45, 7) is 2.26. The maximum absolute atomic E-state index is 4.73. The van der Waals surface area contributed by atoms with Crippen molar-refractivity contribution < 1.29 is 0 Å². The molecule has 0 saturated heterocycles. The monoisotopic (exact) mass is 416 g/mol. The average Bonchev–Trinajstić information content (AvgIpc) is 2.87. The first kappa shape index (κ1) is 19.9. The Morgan fingerprint density at radius 3 is 1.72 bits per heavy atom. The largest absolute Gasteiger partial charge is 0.324 e. The van der Waals surface area contributed by atoms with E-state index in [1.807, 2.05) is 60.7 Å². The van der Waals surface area contributed by atoms with Crippen LogP contribution in [0.5, 0.6) is 0 Å². The lowest BCUT2D eigenvalue weighted by Crippen LogP contribution is -2.21. The Hall–Kier alpha value is -4.05. The Morgan fingerprint density at radius 2 is 1.22 bits per heavy atom. The molecule has 4 nitrogen and oxygen atoms in total. The van der Waals surface area contributed by atoms with E-state index >= 15 is 0 Å². The van der Waals surface area contributed by atoms with E-state index in [0.29, 0.717) is 17.6 Å². The summed E-state index contributed by atoms with van der Waals surface area (Å²) in [4.78, 5) is 14.1. The van der Waals surface area contributed by atoms with Crippen LogP contribution < -0.4 is 5.32 Å². The van der Waals surface area contributed by atoms with Gasteiger partial charge < -0.3 is 5.32 Å². The highest BCUT2D eigenvalue weighted by molar-refractivity contribution is 5.63. The van der Waals surface area contributed by atoms with Crippen molar-refractivity contribution in [1.82, 2.24) is 15.0 Å². The lowest BCUT2D eigenvalue weighted by atomic mass is 9.77. The smallest absolute Gasteiger partial charge is 0.231 e. The van der Waals surface area contributed by atoms with Gasteiger partial charge in [0.25, 0.3) is 0 Å². The van der Waals surface area contributed by atoms with Crippen molar-refractivity contribution >= 4 is 5.95 Å². The first-order valence-electron chi connectivity index (χ1n) is 10.8. The zero-order valence-electron chi connectivity index (χ0n) is 17.9. The van der Waals surface area contributed by atoms with Crippen molar-refractivity contribution in [2.45, 2.75) is 18.8 Å². The summed E-state index contributed by atoms with van der Waals surface area (Å²) in [7, 11) is 0. The van der Waals surface area contributed by atoms with Gasteiger partial charge in [0, 0.05) is 22.2 Å². The molecule has 0 aliphatic heterocycles. The topological polar surface area (TPSA) is 50.7 Å². The van der Waals surface area contributed by atoms with E-state index in [4.69, 9.17) is 15.0 Å². The molecule has 1 atom stereocenters. The molecule has 4 aromatic rings. The molecular weight excluding hydrogens is 392 g/mol. The van der Waals surface area contributed by atoms with Crippen LogP contribution in [0.2, 0.25) is 0 Å². The molecule has 0 saturated carbocycles. The summed E-state index contributed by atoms with van der Waals surface area (Å²) in [6.07, 6.45) is 7.48. The normalized spacial score (nSPS) is 17.6. The van der Waals surface area contributed by atoms with Crippen molar-refractivity contribution in [2.75, 3.05) is 5.32 Å². The molecular formula is C28H24N4. The van der Waals surface area contributed by atoms with Crippen LogP contribution in [0.25, 0.3) is 22.8 Å². The zero-order valence-corrected chi connectivity index (χ0v) is 17.9. The summed E-state index contributed by atoms with van der Waals surface area (Å²) in [6, 6.07) is 30.6. The number of aromatic nitrogens is 3. The maximum atomic E-state index is 4.73. The lowest BCUT2D eigenvalue weighted by molar-refractivity contribution is 0.596. The molecule has 1 heterocycles. The van der Waals surface area contributed by atoms with Crippen molar-refractivity contribution in [1.29, 1.82) is 0 Å². The Balaban J connectivity index is 1.45. The molecule has 1 N–H and O–H groups in total. The number of hydrogen-bond acceptors (Lipinski definition) is 4. The SMILES string of the molecule is C[C@]1(c2ccccc2)C=CC(Nc2nc(-c3ccccc3)nc(-c3ccccc3)n2)=CC1. The highest BCUT2D eigenvalue weighted by Crippen LogP contribution is 2.33. The average molecular weight is 417 g/mol. The highest BCUT2D eigenvalue weighted by Gasteiger charge is 2.25. The van der Waals surface area contributed by atoms with Gasteiger partial charge in [-0.15, -0.1) is 0 Å². The van der Waals surface area contributed by atoms with Gasteiger partial charge in [0.15, 0.2) is 11.6 Å². The Bertz CT molecular complexity index is 1210. The number of nitrogens with one attached hydrogen (secondary N) is 1. The Labute approximate surface area is 188 Å². The molecule has 0 fully saturated rings. The molecule has 3 aromatic carbocycles. The predicted molar refractivity (Wildman–Crippen MR) is 130 cm³/mol. The third-order valence-electron chi connectivity index (χ3n) is 5.77. The highest BCUT2D eigenvalue weighted by atomic mass is 15.2. The summed E-state index contributed by atoms with van der Waals surface area (Å²) >= 11 is 0. The fourth-order valence-corrected chi connectivity index (χ4v) is 3.85. The number of rotatable bonds is 5. The van der Waals surface area contributed by atoms with E-state index in [1.54, 1.807) is 0 Å². The molecule has 0 amide bonds. The summed E-state index contributed by atoms with van der Waals surface area (Å²) in [5, 5.41) is 3.40. The molecule has 0 radical (unpaired) electrons. The van der Waals surface area contributed by atoms with E-state index in [9.17, 15) is 0 Å². The molecule has 156 valence electrons. The molecule has 0 spiro atoms. The third kappa shape index (κ3) is 4.21. The van der Waals surface area contributed by atoms with Crippen LogP contribution in [0, 0.1) is 0 Å². The van der Waals surface area contributed by atoms with E-state index in [0.717, 1.165) is 23.2 Å². The van der Waals surface area contributed by atoms with Crippen molar-refractivity contribution in [3.63, 3.8) is 0 Å². The first-order valence-corrected chi connectivity index (χ1v) is 10.8. The van der Waals surface area contributed by atoms with E-state index in [1.165, 1.54) is 5.56 Å². The maximum Gasteiger partial charge on any atom is 0.231 e. The molecule has 5 rings (SSSR count). The van der Waals surface area contributed by atoms with Crippen LogP contribution in [0.3, 0.4) is 0 Å². The van der Waals surface area contributed by atoms with E-state index in [2.05, 4.69) is 60.8 Å². The minimum Gasteiger partial charge on any atom is -0.324 e. The second-order valence-corrected chi connectivity index (χ2v) is 8.14. The van der Waals surface area contributed by atoms with Crippen molar-refractivity contribution in [3.8, 4) is 22.8 Å². The fraction of sp³-hybridized carbons (Fsp3) is 0.107. The Kier molecular flexibility index (Phi) is 5.34. The standard InChI is InChI=1S/C28H24N4/c1-28(23-15-9-4-10-16-23)19-17-24(18-20-28)29-27-31-25(21-11-5-2-6-12-21)30-26(32-27)22-13-7-3-8-14-22/h2-19H,20H2,1H3,(H,29,30,31,32)/t28-/m0/s1. The molecule has 1 aromatic heterocycles. The minimum atomic E-state index is -0.0179. The van der Waals surface area contributed by atoms with Gasteiger partial charge in [-0.25, -0.2) is 4.98 Å². The van der Waals surface area contributed by atoms with Gasteiger partial charge in [-0.2, -0.15) is 9.97 Å². The number of anilines is 1. The summed E-state index contributed by atoms with van der Waals surface area (Å²) in [5.74, 6) is 1.84. The molecule has 1 aliphatic carbocycles. The van der Waals surface area contributed by atoms with Gasteiger partial charge in [-0.1, -0.05) is 110 Å². The number of nitrogens with zero attached hydrogens (tertiary/aromatic N) is 3. The van der Waals surface area contributed by atoms with Gasteiger partial charge >= 0.3 is 0 Å². The quantitative estimate of drug-likeness (QED) is 0.408. The van der Waals surface area contributed by atoms with Crippen LogP contribution in [0.15, 0.2) is 115 Å². The molecule has 0 unspecified atom stereocenters. The van der Waals surface area contributed by atoms with Crippen LogP contribution in [0.4, 0.5) is 5.95 Å². The second-order valence-electron chi connectivity index (χ2n) is 8.14. The predicted octanol–water partition coefficient (Wildman–Crippen LogP) is 6.42. The van der Waals surface area contributed by atoms with Gasteiger partial charge in [-0.05, 0) is 18.1 Å². The first-order chi connectivity index (χ1) is 15.7. The van der Waals surface area contributed by atoms with E-state index < -0.39 is 0 Å². The zero-order chi connectivity index (χ0) is 21.8. The fourth-order valence-electron chi connectivity index (χ4n) is 3.85. The van der Waals surface area contributed by atoms with Crippen LogP contribution in [-0.2, 0) is 5.41 Å². The van der Waals surface area contributed by atoms with Crippen LogP contribution in [-0.4, -0.2) is 15.0 Å². The van der Waals surface area contributed by atoms with Gasteiger partial charge in [0.05, 0.1) is 0 Å². The van der Waals surface area contributed by atoms with Gasteiger partial charge in [-0.3, -0.25) is 0 Å². The van der Waals surface area contributed by atoms with E-state index in [-0.39, 0.29) is 5.41 Å². The molecule has 32 heavy (non-hydrogen) atoms. The molecule has 1 aliphatic rings. The van der Waals surface area contributed by atoms with Crippen LogP contribution in [0.1, 0.15) is 18.9 Å². The van der Waals surface area contributed by atoms with Gasteiger partial charge in [0.1, 0.15) is 0 Å². The summed E-state index contributed by atoms with van der Waals surface area (Å²) in [5.41, 5.74) is 4.20. The third-order valence-corrected chi connectivity index (χ3v) is 5.77. The second kappa shape index (κ2) is 8.60. The summed E-state index contributed by atoms with van der Waals surface area (Å²) < 4.78 is 0. The van der Waals surface area contributed by atoms with Crippen molar-refractivity contribution in [3.05, 3.63) is 120 Å². The molecule has 0 bridgehead atoms. The molecule has 4 heteroatoms. The minimum absolute atomic E-state index is 0.0179. The Morgan fingerprint density at radius 1 is 0.688 bits per heavy atom. The van der Waals surface area contributed by atoms with Gasteiger partial charge in [0.2, 0.25) is 5.95 Å². The number of benzene rings is 3. The number of allylic oxidation sites excluding steroid dienone is 3. The van der Waals surface area contributed by atoms with Crippen molar-refractivity contribution in [2.24, 2.45) is 0 Å². The lowest BCUT2D eigenvalue weighted by Gasteiger charge is -2.28. The van der Waals surface area contributed by atoms with Crippen LogP contribution >= 0.6 is 0 Å². The number of hydrogen-bond donors (Lipinski definition) is 1.